The molecule has 0 saturated carbocycles. The van der Waals surface area contributed by atoms with E-state index in [0.29, 0.717) is 5.69 Å². The molecule has 1 fully saturated rings. The van der Waals surface area contributed by atoms with E-state index in [2.05, 4.69) is 9.97 Å². The molecule has 1 aliphatic rings. The van der Waals surface area contributed by atoms with Crippen LogP contribution in [-0.2, 0) is 14.9 Å². The number of rotatable bonds is 3. The van der Waals surface area contributed by atoms with Gasteiger partial charge in [-0.3, -0.25) is 9.78 Å². The first-order chi connectivity index (χ1) is 8.72. The third-order valence-electron chi connectivity index (χ3n) is 3.01. The van der Waals surface area contributed by atoms with Gasteiger partial charge in [0.1, 0.15) is 5.01 Å². The number of nitrogens with zero attached hydrogens (tertiary/aromatic N) is 2. The van der Waals surface area contributed by atoms with E-state index in [9.17, 15) is 9.90 Å². The topological polar surface area (TPSA) is 72.3 Å². The summed E-state index contributed by atoms with van der Waals surface area (Å²) >= 11 is 1.43. The van der Waals surface area contributed by atoms with Gasteiger partial charge in [-0.15, -0.1) is 11.3 Å². The van der Waals surface area contributed by atoms with E-state index in [1.807, 2.05) is 12.1 Å². The second kappa shape index (κ2) is 4.15. The fourth-order valence-electron chi connectivity index (χ4n) is 1.80. The monoisotopic (exact) mass is 262 g/mol. The molecule has 6 heteroatoms. The first kappa shape index (κ1) is 11.3. The first-order valence-corrected chi connectivity index (χ1v) is 6.28. The Kier molecular flexibility index (Phi) is 2.61. The average Bonchev–Trinajstić information content (AvgIpc) is 2.78. The van der Waals surface area contributed by atoms with Gasteiger partial charge >= 0.3 is 5.97 Å². The largest absolute Gasteiger partial charge is 0.480 e. The molecule has 1 N–H and O–H groups in total. The fraction of sp³-hybridized carbons (Fsp3) is 0.250. The van der Waals surface area contributed by atoms with Gasteiger partial charge in [-0.2, -0.15) is 0 Å². The lowest BCUT2D eigenvalue weighted by atomic mass is 9.83. The summed E-state index contributed by atoms with van der Waals surface area (Å²) < 4.78 is 5.04. The molecular weight excluding hydrogens is 252 g/mol. The Balaban J connectivity index is 1.97. The number of pyridine rings is 1. The number of aliphatic carboxylic acids is 1. The number of thiazole rings is 1. The highest BCUT2D eigenvalue weighted by Crippen LogP contribution is 2.35. The molecule has 1 aliphatic heterocycles. The predicted molar refractivity (Wildman–Crippen MR) is 65.5 cm³/mol. The lowest BCUT2D eigenvalue weighted by molar-refractivity contribution is -0.163. The summed E-state index contributed by atoms with van der Waals surface area (Å²) in [4.78, 5) is 19.8. The predicted octanol–water partition coefficient (Wildman–Crippen LogP) is 1.56. The van der Waals surface area contributed by atoms with Crippen LogP contribution < -0.4 is 0 Å². The number of carboxylic acids is 1. The third-order valence-corrected chi connectivity index (χ3v) is 3.90. The Labute approximate surface area is 107 Å². The highest BCUT2D eigenvalue weighted by atomic mass is 32.1. The van der Waals surface area contributed by atoms with Crippen LogP contribution in [-0.4, -0.2) is 34.3 Å². The molecule has 18 heavy (non-hydrogen) atoms. The molecule has 1 saturated heterocycles. The maximum absolute atomic E-state index is 11.3. The molecule has 3 heterocycles. The van der Waals surface area contributed by atoms with Gasteiger partial charge in [-0.25, -0.2) is 4.98 Å². The standard InChI is InChI=1S/C12H10N2O3S/c15-11(16)12(6-17-7-12)9-5-18-10(14-9)8-2-1-3-13-4-8/h1-5H,6-7H2,(H,15,16). The summed E-state index contributed by atoms with van der Waals surface area (Å²) in [5.74, 6) is -0.878. The Morgan fingerprint density at radius 1 is 1.50 bits per heavy atom. The summed E-state index contributed by atoms with van der Waals surface area (Å²) in [6, 6.07) is 3.73. The highest BCUT2D eigenvalue weighted by Gasteiger charge is 2.49. The Hall–Kier alpha value is -1.79. The lowest BCUT2D eigenvalue weighted by Crippen LogP contribution is -2.53. The van der Waals surface area contributed by atoms with Crippen LogP contribution in [0.25, 0.3) is 10.6 Å². The van der Waals surface area contributed by atoms with E-state index in [1.165, 1.54) is 11.3 Å². The molecule has 0 amide bonds. The SMILES string of the molecule is O=C(O)C1(c2csc(-c3cccnc3)n2)COC1. The van der Waals surface area contributed by atoms with Crippen LogP contribution in [0.15, 0.2) is 29.9 Å². The Morgan fingerprint density at radius 3 is 2.89 bits per heavy atom. The summed E-state index contributed by atoms with van der Waals surface area (Å²) in [6.45, 7) is 0.386. The van der Waals surface area contributed by atoms with Crippen molar-refractivity contribution >= 4 is 17.3 Å². The molecule has 0 atom stereocenters. The molecule has 92 valence electrons. The van der Waals surface area contributed by atoms with Gasteiger partial charge in [0.05, 0.1) is 18.9 Å². The van der Waals surface area contributed by atoms with Crippen molar-refractivity contribution in [3.05, 3.63) is 35.6 Å². The van der Waals surface area contributed by atoms with Crippen molar-refractivity contribution in [2.75, 3.05) is 13.2 Å². The minimum Gasteiger partial charge on any atom is -0.480 e. The van der Waals surface area contributed by atoms with Crippen LogP contribution in [0.5, 0.6) is 0 Å². The molecule has 0 radical (unpaired) electrons. The van der Waals surface area contributed by atoms with E-state index >= 15 is 0 Å². The molecule has 0 unspecified atom stereocenters. The van der Waals surface area contributed by atoms with Gasteiger partial charge in [0.15, 0.2) is 5.41 Å². The Morgan fingerprint density at radius 2 is 2.33 bits per heavy atom. The van der Waals surface area contributed by atoms with Gasteiger partial charge < -0.3 is 9.84 Å². The van der Waals surface area contributed by atoms with E-state index in [4.69, 9.17) is 4.74 Å². The van der Waals surface area contributed by atoms with Gasteiger partial charge in [0, 0.05) is 23.3 Å². The molecule has 5 nitrogen and oxygen atoms in total. The number of hydrogen-bond acceptors (Lipinski definition) is 5. The normalized spacial score (nSPS) is 17.1. The van der Waals surface area contributed by atoms with Crippen molar-refractivity contribution in [2.24, 2.45) is 0 Å². The average molecular weight is 262 g/mol. The van der Waals surface area contributed by atoms with Gasteiger partial charge in [-0.05, 0) is 12.1 Å². The third kappa shape index (κ3) is 1.61. The van der Waals surface area contributed by atoms with Crippen LogP contribution in [0, 0.1) is 0 Å². The number of carbonyl (C=O) groups is 1. The van der Waals surface area contributed by atoms with Crippen molar-refractivity contribution in [1.29, 1.82) is 0 Å². The van der Waals surface area contributed by atoms with Crippen LogP contribution in [0.4, 0.5) is 0 Å². The number of aromatic nitrogens is 2. The number of hydrogen-bond donors (Lipinski definition) is 1. The molecular formula is C12H10N2O3S. The van der Waals surface area contributed by atoms with E-state index in [0.717, 1.165) is 10.6 Å². The van der Waals surface area contributed by atoms with Gasteiger partial charge in [0.2, 0.25) is 0 Å². The minimum atomic E-state index is -0.961. The number of ether oxygens (including phenoxy) is 1. The number of carboxylic acid groups (broad SMARTS) is 1. The summed E-state index contributed by atoms with van der Waals surface area (Å²) in [7, 11) is 0. The van der Waals surface area contributed by atoms with Gasteiger partial charge in [-0.1, -0.05) is 0 Å². The van der Waals surface area contributed by atoms with Crippen molar-refractivity contribution in [2.45, 2.75) is 5.41 Å². The zero-order valence-corrected chi connectivity index (χ0v) is 10.2. The summed E-state index contributed by atoms with van der Waals surface area (Å²) in [5.41, 5.74) is 0.511. The van der Waals surface area contributed by atoms with Crippen molar-refractivity contribution in [3.63, 3.8) is 0 Å². The van der Waals surface area contributed by atoms with E-state index in [1.54, 1.807) is 17.8 Å². The summed E-state index contributed by atoms with van der Waals surface area (Å²) in [6.07, 6.45) is 3.41. The smallest absolute Gasteiger partial charge is 0.320 e. The van der Waals surface area contributed by atoms with E-state index in [-0.39, 0.29) is 13.2 Å². The van der Waals surface area contributed by atoms with Crippen LogP contribution >= 0.6 is 11.3 Å². The highest BCUT2D eigenvalue weighted by molar-refractivity contribution is 7.13. The molecule has 0 aromatic carbocycles. The van der Waals surface area contributed by atoms with Crippen molar-refractivity contribution < 1.29 is 14.6 Å². The Bertz CT molecular complexity index is 578. The molecule has 0 bridgehead atoms. The quantitative estimate of drug-likeness (QED) is 0.908. The molecule has 2 aromatic heterocycles. The zero-order chi connectivity index (χ0) is 12.6. The molecule has 3 rings (SSSR count). The van der Waals surface area contributed by atoms with Gasteiger partial charge in [0.25, 0.3) is 0 Å². The second-order valence-corrected chi connectivity index (χ2v) is 5.02. The molecule has 0 aliphatic carbocycles. The van der Waals surface area contributed by atoms with Crippen molar-refractivity contribution in [3.8, 4) is 10.6 Å². The lowest BCUT2D eigenvalue weighted by Gasteiger charge is -2.35. The second-order valence-electron chi connectivity index (χ2n) is 4.16. The van der Waals surface area contributed by atoms with Crippen molar-refractivity contribution in [1.82, 2.24) is 9.97 Å². The van der Waals surface area contributed by atoms with Crippen LogP contribution in [0.2, 0.25) is 0 Å². The fourth-order valence-corrected chi connectivity index (χ4v) is 2.71. The zero-order valence-electron chi connectivity index (χ0n) is 9.37. The van der Waals surface area contributed by atoms with Crippen LogP contribution in [0.3, 0.4) is 0 Å². The summed E-state index contributed by atoms with van der Waals surface area (Å²) in [5, 5.41) is 11.9. The first-order valence-electron chi connectivity index (χ1n) is 5.40. The molecule has 2 aromatic rings. The maximum atomic E-state index is 11.3. The molecule has 0 spiro atoms. The maximum Gasteiger partial charge on any atom is 0.320 e. The minimum absolute atomic E-state index is 0.193. The van der Waals surface area contributed by atoms with Crippen LogP contribution in [0.1, 0.15) is 5.69 Å². The van der Waals surface area contributed by atoms with E-state index < -0.39 is 11.4 Å².